The van der Waals surface area contributed by atoms with Gasteiger partial charge in [-0.3, -0.25) is 0 Å². The molecule has 6 heteroatoms. The molecule has 212 valence electrons. The lowest BCUT2D eigenvalue weighted by molar-refractivity contribution is -0.873. The Bertz CT molecular complexity index is 1450. The maximum absolute atomic E-state index is 2.29. The topological polar surface area (TPSA) is 7.12 Å². The van der Waals surface area contributed by atoms with E-state index in [9.17, 15) is 0 Å². The molecule has 0 bridgehead atoms. The molecular weight excluding hydrogens is 654 g/mol. The van der Waals surface area contributed by atoms with Crippen LogP contribution in [0.5, 0.6) is 0 Å². The fraction of sp³-hybridized carbons (Fsp3) is 0.171. The number of rotatable bonds is 10. The van der Waals surface area contributed by atoms with Gasteiger partial charge in [0.1, 0.15) is 0 Å². The summed E-state index contributed by atoms with van der Waals surface area (Å²) in [4.78, 5) is 4.82. The Labute approximate surface area is 270 Å². The molecule has 0 aliphatic rings. The van der Waals surface area contributed by atoms with E-state index in [1.165, 1.54) is 33.8 Å². The van der Waals surface area contributed by atoms with Crippen LogP contribution in [-0.4, -0.2) is 32.2 Å². The van der Waals surface area contributed by atoms with Crippen LogP contribution in [0.15, 0.2) is 122 Å². The maximum atomic E-state index is 2.29. The Balaban J connectivity index is 0.00000231. The molecule has 2 heterocycles. The van der Waals surface area contributed by atoms with Crippen molar-refractivity contribution < 1.29 is 43.0 Å². The average Bonchev–Trinajstić information content (AvgIpc) is 3.43. The van der Waals surface area contributed by atoms with E-state index in [1.807, 2.05) is 11.3 Å². The van der Waals surface area contributed by atoms with E-state index in [1.54, 1.807) is 0 Å². The number of benzene rings is 3. The first-order valence-corrected chi connectivity index (χ1v) is 14.3. The number of quaternary nitrogens is 1. The zero-order chi connectivity index (χ0) is 27.1. The van der Waals surface area contributed by atoms with Crippen LogP contribution in [0.3, 0.4) is 0 Å². The highest BCUT2D eigenvalue weighted by atomic mass is 79.9. The highest BCUT2D eigenvalue weighted by Crippen LogP contribution is 2.36. The van der Waals surface area contributed by atoms with Gasteiger partial charge >= 0.3 is 0 Å². The molecule has 0 aliphatic heterocycles. The van der Waals surface area contributed by atoms with Crippen molar-refractivity contribution in [2.24, 2.45) is 0 Å². The van der Waals surface area contributed by atoms with Crippen LogP contribution >= 0.6 is 11.3 Å². The van der Waals surface area contributed by atoms with Crippen molar-refractivity contribution in [1.82, 2.24) is 0 Å². The van der Waals surface area contributed by atoms with E-state index in [-0.39, 0.29) is 34.0 Å². The van der Waals surface area contributed by atoms with Crippen LogP contribution in [0.1, 0.15) is 16.9 Å². The van der Waals surface area contributed by atoms with Crippen LogP contribution in [0.2, 0.25) is 0 Å². The lowest BCUT2D eigenvalue weighted by Gasteiger charge is -2.25. The molecule has 2 aromatic heterocycles. The molecule has 0 saturated heterocycles. The summed E-state index contributed by atoms with van der Waals surface area (Å²) < 4.78 is 3.28. The first kappa shape index (κ1) is 32.5. The SMILES string of the molecule is C[N+](C)(C)CCC[n+]1ccc(/C=C/c2ccc(-c3ccc(N(c4ccccc4)c4ccccc4)cc3)s2)cc1.[Br-].[Br-]. The number of thiophene rings is 1. The van der Waals surface area contributed by atoms with Crippen molar-refractivity contribution in [3.63, 3.8) is 0 Å². The number of para-hydroxylation sites is 2. The lowest BCUT2D eigenvalue weighted by Crippen LogP contribution is -3.00. The molecule has 0 fully saturated rings. The molecule has 5 aromatic rings. The highest BCUT2D eigenvalue weighted by Gasteiger charge is 2.12. The molecule has 3 aromatic carbocycles. The number of aryl methyl sites for hydroxylation is 1. The molecule has 0 atom stereocenters. The van der Waals surface area contributed by atoms with E-state index in [0.29, 0.717) is 0 Å². The Morgan fingerprint density at radius 2 is 1.22 bits per heavy atom. The van der Waals surface area contributed by atoms with Crippen LogP contribution < -0.4 is 43.4 Å². The Hall–Kier alpha value is -3.03. The minimum absolute atomic E-state index is 0. The summed E-state index contributed by atoms with van der Waals surface area (Å²) in [5.41, 5.74) is 5.90. The monoisotopic (exact) mass is 689 g/mol. The molecule has 0 N–H and O–H groups in total. The van der Waals surface area contributed by atoms with E-state index in [4.69, 9.17) is 0 Å². The summed E-state index contributed by atoms with van der Waals surface area (Å²) >= 11 is 1.82. The zero-order valence-corrected chi connectivity index (χ0v) is 27.8. The molecular formula is C35H37Br2N3S. The van der Waals surface area contributed by atoms with Crippen LogP contribution in [0, 0.1) is 0 Å². The third-order valence-electron chi connectivity index (χ3n) is 6.67. The van der Waals surface area contributed by atoms with Gasteiger partial charge in [-0.05, 0) is 65.7 Å². The van der Waals surface area contributed by atoms with Crippen LogP contribution in [0.25, 0.3) is 22.6 Å². The summed E-state index contributed by atoms with van der Waals surface area (Å²) in [5, 5.41) is 0. The first-order chi connectivity index (χ1) is 18.9. The van der Waals surface area contributed by atoms with Gasteiger partial charge in [0.15, 0.2) is 18.9 Å². The quantitative estimate of drug-likeness (QED) is 0.162. The summed E-state index contributed by atoms with van der Waals surface area (Å²) in [7, 11) is 6.74. The first-order valence-electron chi connectivity index (χ1n) is 13.5. The number of pyridine rings is 1. The van der Waals surface area contributed by atoms with Gasteiger partial charge in [-0.2, -0.15) is 0 Å². The van der Waals surface area contributed by atoms with Gasteiger partial charge in [0.2, 0.25) is 0 Å². The van der Waals surface area contributed by atoms with Crippen LogP contribution in [-0.2, 0) is 6.54 Å². The van der Waals surface area contributed by atoms with Crippen molar-refractivity contribution in [2.45, 2.75) is 13.0 Å². The number of anilines is 3. The van der Waals surface area contributed by atoms with Crippen molar-refractivity contribution in [2.75, 3.05) is 32.6 Å². The molecule has 0 radical (unpaired) electrons. The maximum Gasteiger partial charge on any atom is 0.169 e. The molecule has 0 amide bonds. The zero-order valence-electron chi connectivity index (χ0n) is 23.8. The van der Waals surface area contributed by atoms with Crippen molar-refractivity contribution in [3.8, 4) is 10.4 Å². The lowest BCUT2D eigenvalue weighted by atomic mass is 10.1. The van der Waals surface area contributed by atoms with Gasteiger partial charge in [-0.15, -0.1) is 11.3 Å². The molecule has 0 spiro atoms. The number of hydrogen-bond donors (Lipinski definition) is 0. The predicted molar refractivity (Wildman–Crippen MR) is 168 cm³/mol. The summed E-state index contributed by atoms with van der Waals surface area (Å²) in [5.74, 6) is 0. The fourth-order valence-corrected chi connectivity index (χ4v) is 5.52. The standard InChI is InChI=1S/C35H37N3S.2BrH/c1-38(2,3)28-10-25-36-26-23-29(24-27-36)15-20-34-21-22-35(39-34)30-16-18-33(19-17-30)37(31-11-6-4-7-12-31)32-13-8-5-9-14-32;;/h4-9,11-24,26-27H,10,25,28H2,1-3H3;2*1H/q+2;;/p-2. The van der Waals surface area contributed by atoms with E-state index in [2.05, 4.69) is 164 Å². The molecule has 41 heavy (non-hydrogen) atoms. The Kier molecular flexibility index (Phi) is 12.1. The number of aromatic nitrogens is 1. The van der Waals surface area contributed by atoms with Gasteiger partial charge in [0, 0.05) is 38.9 Å². The minimum Gasteiger partial charge on any atom is -1.00 e. The Morgan fingerprint density at radius 3 is 1.78 bits per heavy atom. The third kappa shape index (κ3) is 9.23. The van der Waals surface area contributed by atoms with Gasteiger partial charge < -0.3 is 43.3 Å². The van der Waals surface area contributed by atoms with Crippen molar-refractivity contribution in [3.05, 3.63) is 132 Å². The van der Waals surface area contributed by atoms with E-state index < -0.39 is 0 Å². The second-order valence-corrected chi connectivity index (χ2v) is 11.9. The predicted octanol–water partition coefficient (Wildman–Crippen LogP) is 2.45. The van der Waals surface area contributed by atoms with Crippen LogP contribution in [0.4, 0.5) is 17.1 Å². The molecule has 0 aliphatic carbocycles. The third-order valence-corrected chi connectivity index (χ3v) is 7.77. The van der Waals surface area contributed by atoms with E-state index >= 15 is 0 Å². The number of nitrogens with zero attached hydrogens (tertiary/aromatic N) is 3. The largest absolute Gasteiger partial charge is 1.00 e. The second-order valence-electron chi connectivity index (χ2n) is 10.8. The summed E-state index contributed by atoms with van der Waals surface area (Å²) in [6.07, 6.45) is 9.97. The van der Waals surface area contributed by atoms with Crippen molar-refractivity contribution in [1.29, 1.82) is 0 Å². The molecule has 3 nitrogen and oxygen atoms in total. The van der Waals surface area contributed by atoms with Gasteiger partial charge in [-0.25, -0.2) is 4.57 Å². The van der Waals surface area contributed by atoms with Crippen molar-refractivity contribution >= 4 is 40.6 Å². The fourth-order valence-electron chi connectivity index (χ4n) is 4.61. The summed E-state index contributed by atoms with van der Waals surface area (Å²) in [6, 6.07) is 38.7. The van der Waals surface area contributed by atoms with Gasteiger partial charge in [0.05, 0.1) is 34.1 Å². The molecule has 5 rings (SSSR count). The normalized spacial score (nSPS) is 11.1. The number of halogens is 2. The van der Waals surface area contributed by atoms with Gasteiger partial charge in [-0.1, -0.05) is 54.6 Å². The van der Waals surface area contributed by atoms with Gasteiger partial charge in [0.25, 0.3) is 0 Å². The molecule has 0 saturated carbocycles. The molecule has 0 unspecified atom stereocenters. The Morgan fingerprint density at radius 1 is 0.659 bits per heavy atom. The minimum atomic E-state index is 0. The smallest absolute Gasteiger partial charge is 0.169 e. The average molecular weight is 692 g/mol. The van der Waals surface area contributed by atoms with E-state index in [0.717, 1.165) is 28.1 Å². The second kappa shape index (κ2) is 15.3. The summed E-state index contributed by atoms with van der Waals surface area (Å²) in [6.45, 7) is 2.23. The highest BCUT2D eigenvalue weighted by molar-refractivity contribution is 7.16. The number of hydrogen-bond acceptors (Lipinski definition) is 2.